The first-order valence-electron chi connectivity index (χ1n) is 8.49. The van der Waals surface area contributed by atoms with Crippen LogP contribution < -0.4 is 10.2 Å². The van der Waals surface area contributed by atoms with Gasteiger partial charge in [-0.25, -0.2) is 0 Å². The SMILES string of the molecule is CCN(C)c1nnc(C(=O)NCCc2ccccc2)c2ccccc12. The van der Waals surface area contributed by atoms with Crippen LogP contribution >= 0.6 is 0 Å². The van der Waals surface area contributed by atoms with E-state index in [1.807, 2.05) is 54.4 Å². The molecule has 5 nitrogen and oxygen atoms in total. The van der Waals surface area contributed by atoms with Crippen LogP contribution in [0.4, 0.5) is 5.82 Å². The highest BCUT2D eigenvalue weighted by molar-refractivity contribution is 6.07. The molecule has 1 amide bonds. The van der Waals surface area contributed by atoms with Crippen LogP contribution in [0.1, 0.15) is 23.0 Å². The van der Waals surface area contributed by atoms with Gasteiger partial charge in [0.1, 0.15) is 0 Å². The number of hydrogen-bond acceptors (Lipinski definition) is 4. The first kappa shape index (κ1) is 16.9. The van der Waals surface area contributed by atoms with Gasteiger partial charge in [0, 0.05) is 30.9 Å². The zero-order chi connectivity index (χ0) is 17.6. The number of hydrogen-bond donors (Lipinski definition) is 1. The van der Waals surface area contributed by atoms with Crippen molar-refractivity contribution in [2.75, 3.05) is 25.0 Å². The second-order valence-corrected chi connectivity index (χ2v) is 5.92. The molecule has 3 aromatic rings. The Hall–Kier alpha value is -2.95. The largest absolute Gasteiger partial charge is 0.358 e. The molecule has 0 radical (unpaired) electrons. The summed E-state index contributed by atoms with van der Waals surface area (Å²) in [6.07, 6.45) is 0.786. The molecule has 0 saturated carbocycles. The van der Waals surface area contributed by atoms with E-state index in [4.69, 9.17) is 0 Å². The lowest BCUT2D eigenvalue weighted by Crippen LogP contribution is -2.27. The molecule has 0 atom stereocenters. The molecule has 0 aliphatic rings. The lowest BCUT2D eigenvalue weighted by Gasteiger charge is -2.17. The lowest BCUT2D eigenvalue weighted by atomic mass is 10.1. The van der Waals surface area contributed by atoms with Crippen LogP contribution in [0, 0.1) is 0 Å². The summed E-state index contributed by atoms with van der Waals surface area (Å²) >= 11 is 0. The van der Waals surface area contributed by atoms with E-state index in [0.29, 0.717) is 12.2 Å². The first-order chi connectivity index (χ1) is 12.2. The zero-order valence-corrected chi connectivity index (χ0v) is 14.6. The topological polar surface area (TPSA) is 58.1 Å². The Morgan fingerprint density at radius 2 is 1.68 bits per heavy atom. The number of amides is 1. The maximum atomic E-state index is 12.6. The average Bonchev–Trinajstić information content (AvgIpc) is 2.67. The third-order valence-electron chi connectivity index (χ3n) is 4.26. The quantitative estimate of drug-likeness (QED) is 0.753. The molecule has 0 aliphatic carbocycles. The molecule has 3 rings (SSSR count). The zero-order valence-electron chi connectivity index (χ0n) is 14.6. The monoisotopic (exact) mass is 334 g/mol. The molecule has 25 heavy (non-hydrogen) atoms. The number of nitrogens with zero attached hydrogens (tertiary/aromatic N) is 3. The second kappa shape index (κ2) is 7.75. The number of carbonyl (C=O) groups is 1. The van der Waals surface area contributed by atoms with Gasteiger partial charge in [-0.05, 0) is 18.9 Å². The van der Waals surface area contributed by atoms with Crippen LogP contribution in [0.15, 0.2) is 54.6 Å². The van der Waals surface area contributed by atoms with Crippen molar-refractivity contribution in [3.8, 4) is 0 Å². The van der Waals surface area contributed by atoms with Crippen molar-refractivity contribution < 1.29 is 4.79 Å². The van der Waals surface area contributed by atoms with E-state index in [2.05, 4.69) is 34.6 Å². The number of anilines is 1. The third kappa shape index (κ3) is 3.76. The van der Waals surface area contributed by atoms with E-state index >= 15 is 0 Å². The van der Waals surface area contributed by atoms with Gasteiger partial charge in [-0.15, -0.1) is 10.2 Å². The van der Waals surface area contributed by atoms with Crippen LogP contribution in [0.3, 0.4) is 0 Å². The van der Waals surface area contributed by atoms with Gasteiger partial charge in [0.15, 0.2) is 11.5 Å². The minimum Gasteiger partial charge on any atom is -0.358 e. The maximum Gasteiger partial charge on any atom is 0.272 e. The van der Waals surface area contributed by atoms with Crippen molar-refractivity contribution in [3.05, 3.63) is 65.9 Å². The fraction of sp³-hybridized carbons (Fsp3) is 0.250. The van der Waals surface area contributed by atoms with Crippen LogP contribution in [-0.4, -0.2) is 36.2 Å². The van der Waals surface area contributed by atoms with Gasteiger partial charge in [-0.1, -0.05) is 54.6 Å². The highest BCUT2D eigenvalue weighted by Crippen LogP contribution is 2.24. The maximum absolute atomic E-state index is 12.6. The summed E-state index contributed by atoms with van der Waals surface area (Å²) in [5.74, 6) is 0.601. The van der Waals surface area contributed by atoms with Crippen LogP contribution in [0.25, 0.3) is 10.8 Å². The van der Waals surface area contributed by atoms with Crippen molar-refractivity contribution >= 4 is 22.5 Å². The summed E-state index contributed by atoms with van der Waals surface area (Å²) < 4.78 is 0. The Morgan fingerprint density at radius 3 is 2.40 bits per heavy atom. The number of benzene rings is 2. The van der Waals surface area contributed by atoms with Gasteiger partial charge in [0.25, 0.3) is 5.91 Å². The van der Waals surface area contributed by atoms with Gasteiger partial charge < -0.3 is 10.2 Å². The molecule has 0 saturated heterocycles. The predicted molar refractivity (Wildman–Crippen MR) is 101 cm³/mol. The Bertz CT molecular complexity index is 864. The number of nitrogens with one attached hydrogen (secondary N) is 1. The summed E-state index contributed by atoms with van der Waals surface area (Å²) in [5.41, 5.74) is 1.57. The molecule has 0 unspecified atom stereocenters. The molecule has 0 fully saturated rings. The van der Waals surface area contributed by atoms with Gasteiger partial charge in [-0.3, -0.25) is 4.79 Å². The van der Waals surface area contributed by atoms with Crippen LogP contribution in [0.2, 0.25) is 0 Å². The summed E-state index contributed by atoms with van der Waals surface area (Å²) in [4.78, 5) is 14.6. The Kier molecular flexibility index (Phi) is 5.23. The van der Waals surface area contributed by atoms with Crippen molar-refractivity contribution in [1.82, 2.24) is 15.5 Å². The molecule has 0 aliphatic heterocycles. The molecule has 1 heterocycles. The standard InChI is InChI=1S/C20H22N4O/c1-3-24(2)19-17-12-8-7-11-16(17)18(22-23-19)20(25)21-14-13-15-9-5-4-6-10-15/h4-12H,3,13-14H2,1-2H3,(H,21,25). The fourth-order valence-corrected chi connectivity index (χ4v) is 2.74. The summed E-state index contributed by atoms with van der Waals surface area (Å²) in [7, 11) is 1.97. The lowest BCUT2D eigenvalue weighted by molar-refractivity contribution is 0.0950. The van der Waals surface area contributed by atoms with Gasteiger partial charge in [0.05, 0.1) is 0 Å². The second-order valence-electron chi connectivity index (χ2n) is 5.92. The smallest absolute Gasteiger partial charge is 0.272 e. The van der Waals surface area contributed by atoms with Crippen LogP contribution in [0.5, 0.6) is 0 Å². The van der Waals surface area contributed by atoms with Crippen molar-refractivity contribution in [3.63, 3.8) is 0 Å². The molecule has 5 heteroatoms. The Labute approximate surface area is 147 Å². The molecule has 1 aromatic heterocycles. The van der Waals surface area contributed by atoms with E-state index in [0.717, 1.165) is 29.6 Å². The third-order valence-corrected chi connectivity index (χ3v) is 4.26. The molecule has 0 bridgehead atoms. The van der Waals surface area contributed by atoms with Crippen molar-refractivity contribution in [2.24, 2.45) is 0 Å². The molecule has 1 N–H and O–H groups in total. The molecular formula is C20H22N4O. The van der Waals surface area contributed by atoms with E-state index in [1.54, 1.807) is 0 Å². The van der Waals surface area contributed by atoms with Gasteiger partial charge in [-0.2, -0.15) is 0 Å². The van der Waals surface area contributed by atoms with Gasteiger partial charge in [0.2, 0.25) is 0 Å². The fourth-order valence-electron chi connectivity index (χ4n) is 2.74. The minimum absolute atomic E-state index is 0.190. The highest BCUT2D eigenvalue weighted by Gasteiger charge is 2.16. The van der Waals surface area contributed by atoms with E-state index in [1.165, 1.54) is 5.56 Å². The van der Waals surface area contributed by atoms with Crippen molar-refractivity contribution in [1.29, 1.82) is 0 Å². The molecule has 2 aromatic carbocycles. The van der Waals surface area contributed by atoms with Crippen molar-refractivity contribution in [2.45, 2.75) is 13.3 Å². The van der Waals surface area contributed by atoms with Gasteiger partial charge >= 0.3 is 0 Å². The summed E-state index contributed by atoms with van der Waals surface area (Å²) in [5, 5.41) is 13.2. The molecule has 0 spiro atoms. The molecule has 128 valence electrons. The van der Waals surface area contributed by atoms with E-state index in [9.17, 15) is 4.79 Å². The van der Waals surface area contributed by atoms with E-state index in [-0.39, 0.29) is 5.91 Å². The number of fused-ring (bicyclic) bond motifs is 1. The number of aromatic nitrogens is 2. The van der Waals surface area contributed by atoms with E-state index < -0.39 is 0 Å². The first-order valence-corrected chi connectivity index (χ1v) is 8.49. The summed E-state index contributed by atoms with van der Waals surface area (Å²) in [6, 6.07) is 17.9. The number of rotatable bonds is 6. The number of carbonyl (C=O) groups excluding carboxylic acids is 1. The minimum atomic E-state index is -0.190. The Balaban J connectivity index is 1.80. The average molecular weight is 334 g/mol. The summed E-state index contributed by atoms with van der Waals surface area (Å²) in [6.45, 7) is 3.44. The normalized spacial score (nSPS) is 10.6. The highest BCUT2D eigenvalue weighted by atomic mass is 16.1. The predicted octanol–water partition coefficient (Wildman–Crippen LogP) is 3.06. The Morgan fingerprint density at radius 1 is 1.00 bits per heavy atom. The van der Waals surface area contributed by atoms with Crippen LogP contribution in [-0.2, 0) is 6.42 Å². The molecular weight excluding hydrogens is 312 g/mol.